The number of hydrogen-bond donors (Lipinski definition) is 1. The molecule has 0 spiro atoms. The van der Waals surface area contributed by atoms with Crippen LogP contribution in [0.4, 0.5) is 27.9 Å². The Labute approximate surface area is 144 Å². The van der Waals surface area contributed by atoms with E-state index in [2.05, 4.69) is 10.3 Å². The number of allylic oxidation sites excluding steroid dienone is 4. The number of anilines is 1. The number of imidazole rings is 1. The van der Waals surface area contributed by atoms with Crippen molar-refractivity contribution in [3.63, 3.8) is 0 Å². The molecular formula is C17H12F5N3O. The van der Waals surface area contributed by atoms with Gasteiger partial charge in [-0.15, -0.1) is 0 Å². The van der Waals surface area contributed by atoms with E-state index in [4.69, 9.17) is 0 Å². The number of rotatable bonds is 3. The zero-order valence-corrected chi connectivity index (χ0v) is 13.1. The SMILES string of the molecule is O=C(Nc1nc2ccc(C(F)(F)F)cc2n1C1=CC=C1)C1CC(F)(F)C1. The topological polar surface area (TPSA) is 46.9 Å². The van der Waals surface area contributed by atoms with Crippen LogP contribution in [0.2, 0.25) is 0 Å². The van der Waals surface area contributed by atoms with Crippen LogP contribution in [0.5, 0.6) is 0 Å². The van der Waals surface area contributed by atoms with Gasteiger partial charge in [0.25, 0.3) is 0 Å². The van der Waals surface area contributed by atoms with E-state index < -0.39 is 42.3 Å². The Balaban J connectivity index is 1.71. The molecule has 0 aliphatic heterocycles. The summed E-state index contributed by atoms with van der Waals surface area (Å²) in [5.74, 6) is -4.29. The molecule has 2 aromatic rings. The molecule has 2 aliphatic carbocycles. The quantitative estimate of drug-likeness (QED) is 0.813. The predicted molar refractivity (Wildman–Crippen MR) is 84.4 cm³/mol. The number of nitrogens with zero attached hydrogens (tertiary/aromatic N) is 2. The summed E-state index contributed by atoms with van der Waals surface area (Å²) < 4.78 is 66.3. The van der Waals surface area contributed by atoms with E-state index in [9.17, 15) is 26.7 Å². The van der Waals surface area contributed by atoms with Gasteiger partial charge in [-0.2, -0.15) is 13.2 Å². The molecule has 26 heavy (non-hydrogen) atoms. The fourth-order valence-corrected chi connectivity index (χ4v) is 2.99. The highest BCUT2D eigenvalue weighted by molar-refractivity contribution is 5.96. The van der Waals surface area contributed by atoms with Crippen LogP contribution in [0.3, 0.4) is 0 Å². The molecule has 1 aromatic carbocycles. The highest BCUT2D eigenvalue weighted by Crippen LogP contribution is 2.43. The summed E-state index contributed by atoms with van der Waals surface area (Å²) in [7, 11) is 0. The van der Waals surface area contributed by atoms with E-state index >= 15 is 0 Å². The third-order valence-corrected chi connectivity index (χ3v) is 4.47. The van der Waals surface area contributed by atoms with E-state index in [1.807, 2.05) is 0 Å². The minimum Gasteiger partial charge on any atom is -0.295 e. The van der Waals surface area contributed by atoms with E-state index in [0.717, 1.165) is 12.1 Å². The van der Waals surface area contributed by atoms with Crippen LogP contribution in [0.15, 0.2) is 36.4 Å². The number of benzene rings is 1. The van der Waals surface area contributed by atoms with Crippen LogP contribution in [0, 0.1) is 5.92 Å². The van der Waals surface area contributed by atoms with Crippen molar-refractivity contribution in [3.8, 4) is 0 Å². The van der Waals surface area contributed by atoms with Crippen LogP contribution < -0.4 is 5.32 Å². The minimum atomic E-state index is -4.52. The number of halogens is 5. The lowest BCUT2D eigenvalue weighted by molar-refractivity contribution is -0.145. The first-order valence-electron chi connectivity index (χ1n) is 7.81. The molecule has 1 saturated carbocycles. The monoisotopic (exact) mass is 369 g/mol. The van der Waals surface area contributed by atoms with Crippen molar-refractivity contribution in [2.24, 2.45) is 5.92 Å². The van der Waals surface area contributed by atoms with Gasteiger partial charge in [0.15, 0.2) is 0 Å². The molecule has 2 aliphatic rings. The van der Waals surface area contributed by atoms with Crippen LogP contribution in [0.1, 0.15) is 18.4 Å². The Morgan fingerprint density at radius 2 is 1.96 bits per heavy atom. The minimum absolute atomic E-state index is 0.00939. The molecule has 0 bridgehead atoms. The molecule has 0 radical (unpaired) electrons. The molecular weight excluding hydrogens is 357 g/mol. The summed E-state index contributed by atoms with van der Waals surface area (Å²) in [6, 6.07) is 3.07. The summed E-state index contributed by atoms with van der Waals surface area (Å²) >= 11 is 0. The highest BCUT2D eigenvalue weighted by Gasteiger charge is 2.49. The molecule has 136 valence electrons. The average Bonchev–Trinajstić information content (AvgIpc) is 2.79. The maximum Gasteiger partial charge on any atom is 0.416 e. The zero-order valence-electron chi connectivity index (χ0n) is 13.1. The van der Waals surface area contributed by atoms with Crippen LogP contribution >= 0.6 is 0 Å². The molecule has 1 fully saturated rings. The molecule has 1 heterocycles. The van der Waals surface area contributed by atoms with Crippen molar-refractivity contribution in [1.82, 2.24) is 9.55 Å². The molecule has 0 atom stereocenters. The Morgan fingerprint density at radius 1 is 1.27 bits per heavy atom. The molecule has 0 saturated heterocycles. The van der Waals surface area contributed by atoms with Crippen LogP contribution in [-0.4, -0.2) is 21.4 Å². The number of carbonyl (C=O) groups is 1. The third kappa shape index (κ3) is 2.77. The second kappa shape index (κ2) is 5.39. The Morgan fingerprint density at radius 3 is 2.50 bits per heavy atom. The number of fused-ring (bicyclic) bond motifs is 1. The number of alkyl halides is 5. The van der Waals surface area contributed by atoms with Gasteiger partial charge in [0, 0.05) is 24.5 Å². The maximum absolute atomic E-state index is 13.0. The van der Waals surface area contributed by atoms with Crippen LogP contribution in [0.25, 0.3) is 16.7 Å². The van der Waals surface area contributed by atoms with Gasteiger partial charge in [-0.3, -0.25) is 14.7 Å². The molecule has 4 rings (SSSR count). The summed E-state index contributed by atoms with van der Waals surface area (Å²) in [6.45, 7) is 0. The first-order valence-corrected chi connectivity index (χ1v) is 7.81. The lowest BCUT2D eigenvalue weighted by atomic mass is 9.81. The fourth-order valence-electron chi connectivity index (χ4n) is 2.99. The van der Waals surface area contributed by atoms with Crippen molar-refractivity contribution in [1.29, 1.82) is 0 Å². The molecule has 0 unspecified atom stereocenters. The van der Waals surface area contributed by atoms with Crippen molar-refractivity contribution in [2.75, 3.05) is 5.32 Å². The number of amides is 1. The fraction of sp³-hybridized carbons (Fsp3) is 0.294. The molecule has 1 amide bonds. The number of aromatic nitrogens is 2. The normalized spacial score (nSPS) is 19.0. The van der Waals surface area contributed by atoms with Crippen molar-refractivity contribution >= 4 is 28.6 Å². The van der Waals surface area contributed by atoms with Gasteiger partial charge >= 0.3 is 6.18 Å². The standard InChI is InChI=1S/C17H12F5N3O/c18-16(19)7-9(8-16)14(26)24-15-23-12-5-4-10(17(20,21)22)6-13(12)25(15)11-2-1-3-11/h1-6,9H,7-8H2,(H,23,24,26). The predicted octanol–water partition coefficient (Wildman–Crippen LogP) is 4.45. The lowest BCUT2D eigenvalue weighted by Crippen LogP contribution is -2.42. The third-order valence-electron chi connectivity index (χ3n) is 4.47. The molecule has 4 nitrogen and oxygen atoms in total. The van der Waals surface area contributed by atoms with Gasteiger partial charge in [-0.05, 0) is 30.4 Å². The van der Waals surface area contributed by atoms with Crippen molar-refractivity contribution in [2.45, 2.75) is 24.9 Å². The Hall–Kier alpha value is -2.71. The van der Waals surface area contributed by atoms with E-state index in [0.29, 0.717) is 5.70 Å². The summed E-state index contributed by atoms with van der Waals surface area (Å²) in [5, 5.41) is 2.47. The number of carbonyl (C=O) groups excluding carboxylic acids is 1. The molecule has 1 N–H and O–H groups in total. The highest BCUT2D eigenvalue weighted by atomic mass is 19.4. The molecule has 9 heteroatoms. The molecule has 1 aromatic heterocycles. The van der Waals surface area contributed by atoms with Gasteiger partial charge in [0.1, 0.15) is 0 Å². The number of nitrogens with one attached hydrogen (secondary N) is 1. The van der Waals surface area contributed by atoms with Crippen LogP contribution in [-0.2, 0) is 11.0 Å². The summed E-state index contributed by atoms with van der Waals surface area (Å²) in [5.41, 5.74) is 0.130. The number of hydrogen-bond acceptors (Lipinski definition) is 2. The second-order valence-electron chi connectivity index (χ2n) is 6.37. The van der Waals surface area contributed by atoms with Gasteiger partial charge < -0.3 is 0 Å². The average molecular weight is 369 g/mol. The smallest absolute Gasteiger partial charge is 0.295 e. The van der Waals surface area contributed by atoms with Crippen molar-refractivity contribution in [3.05, 3.63) is 42.0 Å². The Kier molecular flexibility index (Phi) is 3.47. The summed E-state index contributed by atoms with van der Waals surface area (Å²) in [6.07, 6.45) is -0.621. The van der Waals surface area contributed by atoms with E-state index in [1.165, 1.54) is 10.6 Å². The van der Waals surface area contributed by atoms with E-state index in [-0.39, 0.29) is 17.0 Å². The lowest BCUT2D eigenvalue weighted by Gasteiger charge is -2.33. The zero-order chi connectivity index (χ0) is 18.7. The first-order chi connectivity index (χ1) is 12.1. The van der Waals surface area contributed by atoms with Crippen molar-refractivity contribution < 1.29 is 26.7 Å². The first kappa shape index (κ1) is 16.7. The van der Waals surface area contributed by atoms with Gasteiger partial charge in [-0.1, -0.05) is 6.08 Å². The summed E-state index contributed by atoms with van der Waals surface area (Å²) in [4.78, 5) is 16.3. The van der Waals surface area contributed by atoms with Gasteiger partial charge in [-0.25, -0.2) is 13.8 Å². The van der Waals surface area contributed by atoms with Gasteiger partial charge in [0.05, 0.1) is 16.6 Å². The largest absolute Gasteiger partial charge is 0.416 e. The van der Waals surface area contributed by atoms with E-state index in [1.54, 1.807) is 18.2 Å². The second-order valence-corrected chi connectivity index (χ2v) is 6.37. The van der Waals surface area contributed by atoms with Gasteiger partial charge in [0.2, 0.25) is 17.8 Å². The maximum atomic E-state index is 13.0. The Bertz CT molecular complexity index is 963.